The van der Waals surface area contributed by atoms with E-state index in [1.807, 2.05) is 43.3 Å². The summed E-state index contributed by atoms with van der Waals surface area (Å²) in [7, 11) is 0. The van der Waals surface area contributed by atoms with Crippen LogP contribution in [0.4, 0.5) is 0 Å². The van der Waals surface area contributed by atoms with Gasteiger partial charge < -0.3 is 10.5 Å². The molecule has 0 amide bonds. The third-order valence-electron chi connectivity index (χ3n) is 3.46. The normalized spacial score (nSPS) is 14.0. The zero-order chi connectivity index (χ0) is 15.4. The summed E-state index contributed by atoms with van der Waals surface area (Å²) in [6.07, 6.45) is -0.152. The van der Waals surface area contributed by atoms with E-state index < -0.39 is 0 Å². The highest BCUT2D eigenvalue weighted by atomic mass is 79.9. The smallest absolute Gasteiger partial charge is 0.138 e. The van der Waals surface area contributed by atoms with Crippen LogP contribution in [0.3, 0.4) is 0 Å². The standard InChI is InChI=1S/C18H22BrNO/c1-12(2)15-5-4-6-17(11-15)21-18(13(3)20)14-7-9-16(19)10-8-14/h4-13,18H,20H2,1-3H3. The minimum atomic E-state index is -0.152. The van der Waals surface area contributed by atoms with E-state index in [2.05, 4.69) is 41.9 Å². The first-order valence-corrected chi connectivity index (χ1v) is 8.04. The van der Waals surface area contributed by atoms with Crippen molar-refractivity contribution in [2.75, 3.05) is 0 Å². The van der Waals surface area contributed by atoms with E-state index in [0.29, 0.717) is 5.92 Å². The largest absolute Gasteiger partial charge is 0.484 e. The summed E-state index contributed by atoms with van der Waals surface area (Å²) < 4.78 is 7.20. The van der Waals surface area contributed by atoms with Crippen molar-refractivity contribution < 1.29 is 4.74 Å². The van der Waals surface area contributed by atoms with Gasteiger partial charge in [0.2, 0.25) is 0 Å². The average molecular weight is 348 g/mol. The molecule has 21 heavy (non-hydrogen) atoms. The van der Waals surface area contributed by atoms with Gasteiger partial charge in [-0.15, -0.1) is 0 Å². The number of nitrogens with two attached hydrogens (primary N) is 1. The molecular weight excluding hydrogens is 326 g/mol. The molecule has 0 aliphatic heterocycles. The van der Waals surface area contributed by atoms with Gasteiger partial charge >= 0.3 is 0 Å². The Kier molecular flexibility index (Phi) is 5.43. The highest BCUT2D eigenvalue weighted by Gasteiger charge is 2.18. The van der Waals surface area contributed by atoms with Crippen LogP contribution in [-0.2, 0) is 0 Å². The maximum Gasteiger partial charge on any atom is 0.138 e. The molecule has 2 rings (SSSR count). The number of hydrogen-bond donors (Lipinski definition) is 1. The van der Waals surface area contributed by atoms with Crippen LogP contribution >= 0.6 is 15.9 Å². The van der Waals surface area contributed by atoms with Crippen molar-refractivity contribution in [2.24, 2.45) is 5.73 Å². The SMILES string of the molecule is CC(C)c1cccc(OC(c2ccc(Br)cc2)C(C)N)c1. The van der Waals surface area contributed by atoms with Gasteiger partial charge in [-0.05, 0) is 48.2 Å². The van der Waals surface area contributed by atoms with Gasteiger partial charge in [0.05, 0.1) is 0 Å². The van der Waals surface area contributed by atoms with E-state index in [1.54, 1.807) is 0 Å². The van der Waals surface area contributed by atoms with Crippen molar-refractivity contribution >= 4 is 15.9 Å². The molecule has 3 heteroatoms. The molecule has 2 N–H and O–H groups in total. The van der Waals surface area contributed by atoms with E-state index in [-0.39, 0.29) is 12.1 Å². The van der Waals surface area contributed by atoms with Crippen LogP contribution in [0.15, 0.2) is 53.0 Å². The zero-order valence-electron chi connectivity index (χ0n) is 12.7. The van der Waals surface area contributed by atoms with Gasteiger partial charge in [0.15, 0.2) is 0 Å². The third-order valence-corrected chi connectivity index (χ3v) is 3.99. The van der Waals surface area contributed by atoms with Gasteiger partial charge in [0, 0.05) is 10.5 Å². The maximum atomic E-state index is 6.15. The van der Waals surface area contributed by atoms with Gasteiger partial charge in [-0.25, -0.2) is 0 Å². The zero-order valence-corrected chi connectivity index (χ0v) is 14.3. The lowest BCUT2D eigenvalue weighted by atomic mass is 10.0. The lowest BCUT2D eigenvalue weighted by molar-refractivity contribution is 0.180. The van der Waals surface area contributed by atoms with Crippen LogP contribution in [0.25, 0.3) is 0 Å². The van der Waals surface area contributed by atoms with Gasteiger partial charge in [0.25, 0.3) is 0 Å². The Balaban J connectivity index is 2.24. The Morgan fingerprint density at radius 2 is 1.62 bits per heavy atom. The molecule has 2 atom stereocenters. The first-order valence-electron chi connectivity index (χ1n) is 7.25. The summed E-state index contributed by atoms with van der Waals surface area (Å²) in [5.74, 6) is 1.35. The summed E-state index contributed by atoms with van der Waals surface area (Å²) in [5, 5.41) is 0. The molecule has 2 aromatic carbocycles. The van der Waals surface area contributed by atoms with Gasteiger partial charge in [-0.3, -0.25) is 0 Å². The lowest BCUT2D eigenvalue weighted by Crippen LogP contribution is -2.29. The molecule has 2 aromatic rings. The second-order valence-corrected chi connectivity index (χ2v) is 6.59. The van der Waals surface area contributed by atoms with E-state index in [4.69, 9.17) is 10.5 Å². The quantitative estimate of drug-likeness (QED) is 0.822. The van der Waals surface area contributed by atoms with E-state index in [1.165, 1.54) is 5.56 Å². The average Bonchev–Trinajstić information content (AvgIpc) is 2.46. The highest BCUT2D eigenvalue weighted by molar-refractivity contribution is 9.10. The molecular formula is C18H22BrNO. The van der Waals surface area contributed by atoms with E-state index in [0.717, 1.165) is 15.8 Å². The van der Waals surface area contributed by atoms with E-state index in [9.17, 15) is 0 Å². The van der Waals surface area contributed by atoms with Crippen LogP contribution in [0, 0.1) is 0 Å². The van der Waals surface area contributed by atoms with Crippen molar-refractivity contribution in [2.45, 2.75) is 38.8 Å². The fraction of sp³-hybridized carbons (Fsp3) is 0.333. The molecule has 0 saturated heterocycles. The number of rotatable bonds is 5. The molecule has 112 valence electrons. The molecule has 0 aliphatic carbocycles. The predicted molar refractivity (Wildman–Crippen MR) is 91.7 cm³/mol. The number of benzene rings is 2. The van der Waals surface area contributed by atoms with Crippen LogP contribution in [-0.4, -0.2) is 6.04 Å². The van der Waals surface area contributed by atoms with Crippen LogP contribution in [0.1, 0.15) is 43.9 Å². The molecule has 0 heterocycles. The Labute approximate surface area is 135 Å². The number of hydrogen-bond acceptors (Lipinski definition) is 2. The third kappa shape index (κ3) is 4.32. The molecule has 2 nitrogen and oxygen atoms in total. The molecule has 0 aromatic heterocycles. The summed E-state index contributed by atoms with van der Waals surface area (Å²) >= 11 is 3.45. The molecule has 0 fully saturated rings. The Morgan fingerprint density at radius 1 is 0.952 bits per heavy atom. The molecule has 0 aliphatic rings. The fourth-order valence-corrected chi connectivity index (χ4v) is 2.49. The minimum Gasteiger partial charge on any atom is -0.484 e. The maximum absolute atomic E-state index is 6.15. The molecule has 0 bridgehead atoms. The summed E-state index contributed by atoms with van der Waals surface area (Å²) in [6.45, 7) is 6.33. The Bertz CT molecular complexity index is 578. The summed E-state index contributed by atoms with van der Waals surface area (Å²) in [5.41, 5.74) is 8.47. The number of ether oxygens (including phenoxy) is 1. The Morgan fingerprint density at radius 3 is 2.19 bits per heavy atom. The monoisotopic (exact) mass is 347 g/mol. The predicted octanol–water partition coefficient (Wildman–Crippen LogP) is 5.04. The highest BCUT2D eigenvalue weighted by Crippen LogP contribution is 2.27. The van der Waals surface area contributed by atoms with Gasteiger partial charge in [-0.1, -0.05) is 54.0 Å². The van der Waals surface area contributed by atoms with Crippen molar-refractivity contribution in [1.82, 2.24) is 0 Å². The fourth-order valence-electron chi connectivity index (χ4n) is 2.22. The van der Waals surface area contributed by atoms with Crippen molar-refractivity contribution in [1.29, 1.82) is 0 Å². The molecule has 0 saturated carbocycles. The Hall–Kier alpha value is -1.32. The first-order chi connectivity index (χ1) is 9.97. The van der Waals surface area contributed by atoms with Gasteiger partial charge in [-0.2, -0.15) is 0 Å². The van der Waals surface area contributed by atoms with Crippen LogP contribution < -0.4 is 10.5 Å². The molecule has 0 radical (unpaired) electrons. The van der Waals surface area contributed by atoms with E-state index >= 15 is 0 Å². The second-order valence-electron chi connectivity index (χ2n) is 5.68. The first kappa shape index (κ1) is 16.1. The summed E-state index contributed by atoms with van der Waals surface area (Å²) in [4.78, 5) is 0. The van der Waals surface area contributed by atoms with Crippen LogP contribution in [0.5, 0.6) is 5.75 Å². The second kappa shape index (κ2) is 7.10. The minimum absolute atomic E-state index is 0.0890. The van der Waals surface area contributed by atoms with Gasteiger partial charge in [0.1, 0.15) is 11.9 Å². The van der Waals surface area contributed by atoms with Crippen LogP contribution in [0.2, 0.25) is 0 Å². The summed E-state index contributed by atoms with van der Waals surface area (Å²) in [6, 6.07) is 16.3. The number of halogens is 1. The van der Waals surface area contributed by atoms with Crippen molar-refractivity contribution in [3.05, 3.63) is 64.1 Å². The topological polar surface area (TPSA) is 35.2 Å². The lowest BCUT2D eigenvalue weighted by Gasteiger charge is -2.23. The van der Waals surface area contributed by atoms with Crippen molar-refractivity contribution in [3.8, 4) is 5.75 Å². The van der Waals surface area contributed by atoms with Crippen molar-refractivity contribution in [3.63, 3.8) is 0 Å². The molecule has 2 unspecified atom stereocenters. The molecule has 0 spiro atoms.